The van der Waals surface area contributed by atoms with E-state index in [1.807, 2.05) is 11.4 Å². The highest BCUT2D eigenvalue weighted by Crippen LogP contribution is 2.32. The molecular formula is C19H20N2O5S. The third kappa shape index (κ3) is 3.48. The van der Waals surface area contributed by atoms with Crippen LogP contribution in [-0.2, 0) is 9.53 Å². The van der Waals surface area contributed by atoms with E-state index < -0.39 is 12.0 Å². The number of amides is 1. The molecule has 8 heteroatoms. The number of nitrogens with one attached hydrogen (secondary N) is 1. The normalized spacial score (nSPS) is 11.9. The van der Waals surface area contributed by atoms with Gasteiger partial charge >= 0.3 is 5.97 Å². The number of carbonyl (C=O) groups excluding carboxylic acids is 2. The van der Waals surface area contributed by atoms with Crippen molar-refractivity contribution in [3.05, 3.63) is 41.4 Å². The summed E-state index contributed by atoms with van der Waals surface area (Å²) in [5.41, 5.74) is 0.910. The number of hydrogen-bond donors (Lipinski definition) is 1. The summed E-state index contributed by atoms with van der Waals surface area (Å²) in [4.78, 5) is 25.8. The molecule has 0 spiro atoms. The van der Waals surface area contributed by atoms with Gasteiger partial charge in [0.15, 0.2) is 11.5 Å². The minimum atomic E-state index is -0.622. The minimum absolute atomic E-state index is 0.265. The maximum Gasteiger partial charge on any atom is 0.354 e. The average molecular weight is 388 g/mol. The van der Waals surface area contributed by atoms with Crippen LogP contribution in [0.25, 0.3) is 10.2 Å². The van der Waals surface area contributed by atoms with Crippen LogP contribution in [0.2, 0.25) is 0 Å². The fourth-order valence-electron chi connectivity index (χ4n) is 2.87. The molecule has 0 aliphatic carbocycles. The Hall–Kier alpha value is -3.00. The number of aromatic nitrogens is 1. The number of thiophene rings is 1. The topological polar surface area (TPSA) is 78.8 Å². The molecule has 142 valence electrons. The number of ether oxygens (including phenoxy) is 3. The first-order valence-electron chi connectivity index (χ1n) is 8.19. The average Bonchev–Trinajstić information content (AvgIpc) is 3.27. The molecule has 2 heterocycles. The zero-order chi connectivity index (χ0) is 19.6. The molecule has 3 aromatic rings. The molecular weight excluding hydrogens is 368 g/mol. The van der Waals surface area contributed by atoms with Gasteiger partial charge < -0.3 is 24.1 Å². The lowest BCUT2D eigenvalue weighted by molar-refractivity contribution is -0.118. The van der Waals surface area contributed by atoms with Gasteiger partial charge in [0.05, 0.1) is 21.3 Å². The molecule has 27 heavy (non-hydrogen) atoms. The van der Waals surface area contributed by atoms with E-state index in [1.54, 1.807) is 42.9 Å². The smallest absolute Gasteiger partial charge is 0.354 e. The second-order valence-electron chi connectivity index (χ2n) is 5.81. The summed E-state index contributed by atoms with van der Waals surface area (Å²) in [6.07, 6.45) is 0. The van der Waals surface area contributed by atoms with Gasteiger partial charge in [-0.3, -0.25) is 4.79 Å². The van der Waals surface area contributed by atoms with Gasteiger partial charge in [-0.2, -0.15) is 0 Å². The highest BCUT2D eigenvalue weighted by Gasteiger charge is 2.25. The maximum absolute atomic E-state index is 12.8. The lowest BCUT2D eigenvalue weighted by Crippen LogP contribution is -2.26. The monoisotopic (exact) mass is 388 g/mol. The molecule has 0 aliphatic rings. The molecule has 7 nitrogen and oxygen atoms in total. The van der Waals surface area contributed by atoms with Crippen molar-refractivity contribution in [1.82, 2.24) is 4.57 Å². The first-order valence-corrected chi connectivity index (χ1v) is 9.07. The largest absolute Gasteiger partial charge is 0.493 e. The Morgan fingerprint density at radius 2 is 1.81 bits per heavy atom. The van der Waals surface area contributed by atoms with Crippen molar-refractivity contribution < 1.29 is 23.8 Å². The van der Waals surface area contributed by atoms with Gasteiger partial charge in [0.25, 0.3) is 0 Å². The summed E-state index contributed by atoms with van der Waals surface area (Å²) in [5.74, 6) is 0.337. The number of carbonyl (C=O) groups is 2. The first kappa shape index (κ1) is 18.8. The lowest BCUT2D eigenvalue weighted by atomic mass is 10.2. The third-order valence-corrected chi connectivity index (χ3v) is 5.18. The number of rotatable bonds is 6. The fourth-order valence-corrected chi connectivity index (χ4v) is 3.84. The van der Waals surface area contributed by atoms with Crippen molar-refractivity contribution in [3.63, 3.8) is 0 Å². The third-order valence-electron chi connectivity index (χ3n) is 4.26. The van der Waals surface area contributed by atoms with E-state index in [0.29, 0.717) is 22.9 Å². The molecule has 0 fully saturated rings. The van der Waals surface area contributed by atoms with Crippen LogP contribution < -0.4 is 14.8 Å². The van der Waals surface area contributed by atoms with E-state index in [9.17, 15) is 9.59 Å². The predicted octanol–water partition coefficient (Wildman–Crippen LogP) is 3.71. The van der Waals surface area contributed by atoms with E-state index >= 15 is 0 Å². The van der Waals surface area contributed by atoms with Crippen LogP contribution in [0.4, 0.5) is 5.69 Å². The van der Waals surface area contributed by atoms with Gasteiger partial charge in [0.2, 0.25) is 5.91 Å². The van der Waals surface area contributed by atoms with Crippen LogP contribution in [0.3, 0.4) is 0 Å². The first-order chi connectivity index (χ1) is 13.0. The molecule has 1 amide bonds. The number of nitrogens with zero attached hydrogens (tertiary/aromatic N) is 1. The molecule has 0 saturated heterocycles. The van der Waals surface area contributed by atoms with Crippen molar-refractivity contribution in [1.29, 1.82) is 0 Å². The van der Waals surface area contributed by atoms with E-state index in [-0.39, 0.29) is 5.91 Å². The number of fused-ring (bicyclic) bond motifs is 1. The van der Waals surface area contributed by atoms with Crippen molar-refractivity contribution >= 4 is 39.1 Å². The molecule has 1 N–H and O–H groups in total. The Morgan fingerprint density at radius 1 is 1.07 bits per heavy atom. The van der Waals surface area contributed by atoms with Crippen molar-refractivity contribution in [2.45, 2.75) is 13.0 Å². The zero-order valence-electron chi connectivity index (χ0n) is 15.4. The van der Waals surface area contributed by atoms with Gasteiger partial charge in [-0.25, -0.2) is 4.79 Å². The molecule has 0 saturated carbocycles. The van der Waals surface area contributed by atoms with E-state index in [1.165, 1.54) is 25.6 Å². The number of methoxy groups -OCH3 is 3. The number of hydrogen-bond acceptors (Lipinski definition) is 6. The molecule has 0 aliphatic heterocycles. The number of benzene rings is 1. The van der Waals surface area contributed by atoms with Crippen LogP contribution in [0.5, 0.6) is 11.5 Å². The quantitative estimate of drug-likeness (QED) is 0.652. The maximum atomic E-state index is 12.8. The predicted molar refractivity (Wildman–Crippen MR) is 104 cm³/mol. The van der Waals surface area contributed by atoms with E-state index in [4.69, 9.17) is 14.2 Å². The van der Waals surface area contributed by atoms with Crippen LogP contribution in [0.1, 0.15) is 23.5 Å². The van der Waals surface area contributed by atoms with E-state index in [0.717, 1.165) is 10.2 Å². The lowest BCUT2D eigenvalue weighted by Gasteiger charge is -2.18. The second-order valence-corrected chi connectivity index (χ2v) is 6.70. The van der Waals surface area contributed by atoms with Gasteiger partial charge in [-0.15, -0.1) is 11.3 Å². The van der Waals surface area contributed by atoms with Crippen LogP contribution in [-0.4, -0.2) is 37.8 Å². The van der Waals surface area contributed by atoms with Gasteiger partial charge in [0.1, 0.15) is 16.6 Å². The molecule has 1 unspecified atom stereocenters. The highest BCUT2D eigenvalue weighted by atomic mass is 32.1. The van der Waals surface area contributed by atoms with Crippen LogP contribution in [0.15, 0.2) is 35.7 Å². The minimum Gasteiger partial charge on any atom is -0.493 e. The summed E-state index contributed by atoms with van der Waals surface area (Å²) in [6.45, 7) is 1.74. The van der Waals surface area contributed by atoms with Gasteiger partial charge in [-0.05, 0) is 36.6 Å². The van der Waals surface area contributed by atoms with Crippen molar-refractivity contribution in [3.8, 4) is 11.5 Å². The Labute approximate surface area is 160 Å². The molecule has 0 radical (unpaired) electrons. The summed E-state index contributed by atoms with van der Waals surface area (Å²) in [6, 6.07) is 8.14. The molecule has 2 aromatic heterocycles. The molecule has 0 bridgehead atoms. The summed E-state index contributed by atoms with van der Waals surface area (Å²) in [7, 11) is 4.40. The van der Waals surface area contributed by atoms with Crippen molar-refractivity contribution in [2.75, 3.05) is 26.6 Å². The summed E-state index contributed by atoms with van der Waals surface area (Å²) in [5, 5.41) is 5.67. The Bertz CT molecular complexity index is 991. The van der Waals surface area contributed by atoms with Crippen LogP contribution >= 0.6 is 11.3 Å². The van der Waals surface area contributed by atoms with E-state index in [2.05, 4.69) is 5.32 Å². The molecule has 1 aromatic carbocycles. The number of esters is 1. The zero-order valence-corrected chi connectivity index (χ0v) is 16.3. The van der Waals surface area contributed by atoms with Gasteiger partial charge in [-0.1, -0.05) is 0 Å². The highest BCUT2D eigenvalue weighted by molar-refractivity contribution is 7.16. The van der Waals surface area contributed by atoms with Gasteiger partial charge in [0, 0.05) is 17.1 Å². The summed E-state index contributed by atoms with van der Waals surface area (Å²) < 4.78 is 17.0. The molecule has 1 atom stereocenters. The molecule has 3 rings (SSSR count). The Balaban J connectivity index is 1.91. The standard InChI is InChI=1S/C19H20N2O5S/c1-11(17(22)20-13-5-6-15(24-2)16(10-13)25-3)21-14(19(23)26-4)9-12-7-8-27-18(12)21/h5-11H,1-4H3,(H,20,22). The Morgan fingerprint density at radius 3 is 2.48 bits per heavy atom. The SMILES string of the molecule is COC(=O)c1cc2ccsc2n1C(C)C(=O)Nc1ccc(OC)c(OC)c1. The number of anilines is 1. The fraction of sp³-hybridized carbons (Fsp3) is 0.263. The summed E-state index contributed by atoms with van der Waals surface area (Å²) >= 11 is 1.46. The van der Waals surface area contributed by atoms with Crippen molar-refractivity contribution in [2.24, 2.45) is 0 Å². The second kappa shape index (κ2) is 7.71. The van der Waals surface area contributed by atoms with Crippen LogP contribution in [0, 0.1) is 0 Å². The Kier molecular flexibility index (Phi) is 5.36.